The summed E-state index contributed by atoms with van der Waals surface area (Å²) in [5, 5.41) is 3.34. The van der Waals surface area contributed by atoms with Crippen LogP contribution in [0.15, 0.2) is 22.8 Å². The zero-order valence-corrected chi connectivity index (χ0v) is 10.4. The van der Waals surface area contributed by atoms with Gasteiger partial charge in [0.25, 0.3) is 0 Å². The van der Waals surface area contributed by atoms with Gasteiger partial charge in [0.2, 0.25) is 0 Å². The Labute approximate surface area is 95.9 Å². The van der Waals surface area contributed by atoms with E-state index >= 15 is 0 Å². The van der Waals surface area contributed by atoms with Gasteiger partial charge in [-0.25, -0.2) is 8.42 Å². The lowest BCUT2D eigenvalue weighted by molar-refractivity contribution is 0.322. The first-order valence-electron chi connectivity index (χ1n) is 5.42. The van der Waals surface area contributed by atoms with Crippen LogP contribution in [0.2, 0.25) is 0 Å². The van der Waals surface area contributed by atoms with Gasteiger partial charge in [0, 0.05) is 5.54 Å². The van der Waals surface area contributed by atoms with Crippen LogP contribution in [-0.2, 0) is 9.84 Å². The molecule has 1 aliphatic rings. The van der Waals surface area contributed by atoms with Crippen molar-refractivity contribution in [1.29, 1.82) is 0 Å². The van der Waals surface area contributed by atoms with Gasteiger partial charge in [0.15, 0.2) is 9.84 Å². The Bertz CT molecular complexity index is 452. The third-order valence-corrected chi connectivity index (χ3v) is 4.94. The maximum atomic E-state index is 11.5. The van der Waals surface area contributed by atoms with Crippen LogP contribution < -0.4 is 5.32 Å². The third-order valence-electron chi connectivity index (χ3n) is 3.04. The van der Waals surface area contributed by atoms with Crippen molar-refractivity contribution >= 4 is 9.84 Å². The van der Waals surface area contributed by atoms with Gasteiger partial charge in [-0.3, -0.25) is 0 Å². The molecule has 1 aromatic heterocycles. The van der Waals surface area contributed by atoms with Gasteiger partial charge in [-0.1, -0.05) is 0 Å². The molecule has 2 rings (SSSR count). The Balaban J connectivity index is 2.05. The number of sulfone groups is 1. The van der Waals surface area contributed by atoms with Crippen LogP contribution in [0, 0.1) is 0 Å². The first-order valence-corrected chi connectivity index (χ1v) is 7.24. The first-order chi connectivity index (χ1) is 7.40. The quantitative estimate of drug-likeness (QED) is 0.874. The van der Waals surface area contributed by atoms with Crippen molar-refractivity contribution in [2.24, 2.45) is 0 Å². The molecule has 1 aromatic rings. The lowest BCUT2D eigenvalue weighted by Crippen LogP contribution is -2.44. The molecule has 16 heavy (non-hydrogen) atoms. The van der Waals surface area contributed by atoms with Crippen LogP contribution in [-0.4, -0.2) is 25.5 Å². The second-order valence-electron chi connectivity index (χ2n) is 4.78. The van der Waals surface area contributed by atoms with Crippen molar-refractivity contribution in [3.63, 3.8) is 0 Å². The fraction of sp³-hybridized carbons (Fsp3) is 0.636. The van der Waals surface area contributed by atoms with Gasteiger partial charge in [-0.15, -0.1) is 0 Å². The average molecular weight is 243 g/mol. The van der Waals surface area contributed by atoms with Gasteiger partial charge < -0.3 is 9.73 Å². The zero-order valence-electron chi connectivity index (χ0n) is 9.56. The fourth-order valence-electron chi connectivity index (χ4n) is 2.26. The number of hydrogen-bond acceptors (Lipinski definition) is 4. The van der Waals surface area contributed by atoms with E-state index in [2.05, 4.69) is 5.32 Å². The number of nitrogens with one attached hydrogen (secondary N) is 1. The van der Waals surface area contributed by atoms with E-state index in [1.807, 2.05) is 26.0 Å². The van der Waals surface area contributed by atoms with Gasteiger partial charge in [-0.05, 0) is 32.4 Å². The Morgan fingerprint density at radius 3 is 2.81 bits per heavy atom. The predicted molar refractivity (Wildman–Crippen MR) is 61.9 cm³/mol. The zero-order chi connectivity index (χ0) is 11.8. The molecule has 0 radical (unpaired) electrons. The van der Waals surface area contributed by atoms with E-state index in [4.69, 9.17) is 4.42 Å². The summed E-state index contributed by atoms with van der Waals surface area (Å²) in [6.45, 7) is 3.94. The molecule has 0 spiro atoms. The van der Waals surface area contributed by atoms with Crippen LogP contribution in [0.1, 0.15) is 32.1 Å². The van der Waals surface area contributed by atoms with Crippen molar-refractivity contribution in [2.45, 2.75) is 31.8 Å². The molecule has 1 aliphatic heterocycles. The lowest BCUT2D eigenvalue weighted by Gasteiger charge is -2.27. The van der Waals surface area contributed by atoms with Crippen LogP contribution >= 0.6 is 0 Å². The fourth-order valence-corrected chi connectivity index (χ4v) is 4.36. The number of rotatable bonds is 3. The van der Waals surface area contributed by atoms with Gasteiger partial charge in [0.05, 0.1) is 23.8 Å². The maximum absolute atomic E-state index is 11.5. The van der Waals surface area contributed by atoms with Crippen LogP contribution in [0.5, 0.6) is 0 Å². The highest BCUT2D eigenvalue weighted by Crippen LogP contribution is 2.26. The molecular formula is C11H17NO3S. The molecule has 2 unspecified atom stereocenters. The molecular weight excluding hydrogens is 226 g/mol. The Morgan fingerprint density at radius 2 is 2.31 bits per heavy atom. The van der Waals surface area contributed by atoms with Crippen molar-refractivity contribution in [1.82, 2.24) is 5.32 Å². The molecule has 0 bridgehead atoms. The molecule has 0 aromatic carbocycles. The van der Waals surface area contributed by atoms with E-state index in [1.165, 1.54) is 0 Å². The SMILES string of the molecule is CC(NC1(C)CCS(=O)(=O)C1)c1ccco1. The first kappa shape index (κ1) is 11.7. The maximum Gasteiger partial charge on any atom is 0.152 e. The molecule has 4 nitrogen and oxygen atoms in total. The highest BCUT2D eigenvalue weighted by Gasteiger charge is 2.39. The summed E-state index contributed by atoms with van der Waals surface area (Å²) < 4.78 is 28.2. The third kappa shape index (κ3) is 2.47. The van der Waals surface area contributed by atoms with Crippen LogP contribution in [0.3, 0.4) is 0 Å². The molecule has 90 valence electrons. The minimum absolute atomic E-state index is 0.0355. The minimum atomic E-state index is -2.86. The van der Waals surface area contributed by atoms with Crippen molar-refractivity contribution in [3.05, 3.63) is 24.2 Å². The van der Waals surface area contributed by atoms with Gasteiger partial charge in [-0.2, -0.15) is 0 Å². The summed E-state index contributed by atoms with van der Waals surface area (Å²) in [7, 11) is -2.86. The molecule has 0 saturated carbocycles. The van der Waals surface area contributed by atoms with Crippen molar-refractivity contribution < 1.29 is 12.8 Å². The summed E-state index contributed by atoms with van der Waals surface area (Å²) in [5.74, 6) is 1.33. The van der Waals surface area contributed by atoms with E-state index in [-0.39, 0.29) is 23.1 Å². The summed E-state index contributed by atoms with van der Waals surface area (Å²) >= 11 is 0. The lowest BCUT2D eigenvalue weighted by atomic mass is 10.0. The summed E-state index contributed by atoms with van der Waals surface area (Å²) in [4.78, 5) is 0. The topological polar surface area (TPSA) is 59.3 Å². The number of hydrogen-bond donors (Lipinski definition) is 1. The second kappa shape index (κ2) is 3.89. The molecule has 0 aliphatic carbocycles. The Morgan fingerprint density at radius 1 is 1.56 bits per heavy atom. The molecule has 1 fully saturated rings. The monoisotopic (exact) mass is 243 g/mol. The highest BCUT2D eigenvalue weighted by molar-refractivity contribution is 7.91. The molecule has 0 amide bonds. The average Bonchev–Trinajstić information content (AvgIpc) is 2.73. The summed E-state index contributed by atoms with van der Waals surface area (Å²) in [5.41, 5.74) is -0.328. The summed E-state index contributed by atoms with van der Waals surface area (Å²) in [6, 6.07) is 3.76. The molecule has 5 heteroatoms. The van der Waals surface area contributed by atoms with Crippen molar-refractivity contribution in [2.75, 3.05) is 11.5 Å². The van der Waals surface area contributed by atoms with Gasteiger partial charge in [0.1, 0.15) is 5.76 Å². The predicted octanol–water partition coefficient (Wildman–Crippen LogP) is 1.51. The minimum Gasteiger partial charge on any atom is -0.468 e. The smallest absolute Gasteiger partial charge is 0.152 e. The van der Waals surface area contributed by atoms with E-state index in [1.54, 1.807) is 6.26 Å². The van der Waals surface area contributed by atoms with Crippen LogP contribution in [0.25, 0.3) is 0 Å². The Hall–Kier alpha value is -0.810. The largest absolute Gasteiger partial charge is 0.468 e. The highest BCUT2D eigenvalue weighted by atomic mass is 32.2. The molecule has 1 saturated heterocycles. The van der Waals surface area contributed by atoms with E-state index in [0.717, 1.165) is 5.76 Å². The molecule has 1 N–H and O–H groups in total. The second-order valence-corrected chi connectivity index (χ2v) is 6.97. The van der Waals surface area contributed by atoms with Crippen molar-refractivity contribution in [3.8, 4) is 0 Å². The number of furan rings is 1. The van der Waals surface area contributed by atoms with Gasteiger partial charge >= 0.3 is 0 Å². The van der Waals surface area contributed by atoms with Crippen LogP contribution in [0.4, 0.5) is 0 Å². The summed E-state index contributed by atoms with van der Waals surface area (Å²) in [6.07, 6.45) is 2.29. The normalized spacial score (nSPS) is 30.4. The molecule has 2 heterocycles. The van der Waals surface area contributed by atoms with E-state index in [0.29, 0.717) is 6.42 Å². The Kier molecular flexibility index (Phi) is 2.84. The standard InChI is InChI=1S/C11H17NO3S/c1-9(10-4-3-6-15-10)12-11(2)5-7-16(13,14)8-11/h3-4,6,9,12H,5,7-8H2,1-2H3. The van der Waals surface area contributed by atoms with E-state index in [9.17, 15) is 8.42 Å². The van der Waals surface area contributed by atoms with E-state index < -0.39 is 9.84 Å². The molecule has 2 atom stereocenters.